The molecule has 1 amide bonds. The summed E-state index contributed by atoms with van der Waals surface area (Å²) in [4.78, 5) is 26.6. The van der Waals surface area contributed by atoms with Crippen molar-refractivity contribution in [2.45, 2.75) is 20.4 Å². The smallest absolute Gasteiger partial charge is 0.255 e. The Morgan fingerprint density at radius 3 is 2.31 bits per heavy atom. The maximum absolute atomic E-state index is 13.5. The molecule has 2 aliphatic heterocycles. The number of nitriles is 2. The molecular formula is C29H35N9O. The van der Waals surface area contributed by atoms with Crippen molar-refractivity contribution in [3.63, 3.8) is 0 Å². The van der Waals surface area contributed by atoms with E-state index in [2.05, 4.69) is 21.9 Å². The maximum atomic E-state index is 13.5. The van der Waals surface area contributed by atoms with Crippen LogP contribution in [0.1, 0.15) is 32.9 Å². The summed E-state index contributed by atoms with van der Waals surface area (Å²) < 4.78 is 0. The van der Waals surface area contributed by atoms with Crippen LogP contribution < -0.4 is 16.4 Å². The molecule has 202 valence electrons. The predicted octanol–water partition coefficient (Wildman–Crippen LogP) is 1.82. The minimum absolute atomic E-state index is 0.0382. The van der Waals surface area contributed by atoms with Crippen LogP contribution in [0, 0.1) is 36.5 Å². The number of hydrogen-bond acceptors (Lipinski definition) is 9. The third kappa shape index (κ3) is 6.14. The van der Waals surface area contributed by atoms with Crippen molar-refractivity contribution in [1.29, 1.82) is 10.5 Å². The number of aryl methyl sites for hydroxylation is 2. The lowest BCUT2D eigenvalue weighted by atomic mass is 10.1. The molecule has 2 aromatic rings. The molecule has 0 aliphatic carbocycles. The van der Waals surface area contributed by atoms with E-state index in [0.29, 0.717) is 55.2 Å². The second-order valence-electron chi connectivity index (χ2n) is 9.81. The average molecular weight is 526 g/mol. The summed E-state index contributed by atoms with van der Waals surface area (Å²) in [5, 5.41) is 18.8. The third-order valence-electron chi connectivity index (χ3n) is 7.44. The fourth-order valence-electron chi connectivity index (χ4n) is 5.14. The summed E-state index contributed by atoms with van der Waals surface area (Å²) in [6, 6.07) is 14.1. The molecule has 0 spiro atoms. The molecule has 1 aromatic heterocycles. The average Bonchev–Trinajstić information content (AvgIpc) is 2.97. The minimum atomic E-state index is -0.0382. The molecule has 0 saturated carbocycles. The van der Waals surface area contributed by atoms with E-state index >= 15 is 0 Å². The lowest BCUT2D eigenvalue weighted by Gasteiger charge is -2.37. The van der Waals surface area contributed by atoms with Crippen molar-refractivity contribution in [2.75, 3.05) is 57.3 Å². The number of rotatable bonds is 6. The van der Waals surface area contributed by atoms with Gasteiger partial charge in [0.25, 0.3) is 5.91 Å². The van der Waals surface area contributed by atoms with Crippen LogP contribution in [-0.2, 0) is 6.54 Å². The molecule has 4 N–H and O–H groups in total. The lowest BCUT2D eigenvalue weighted by molar-refractivity contribution is 0.0666. The van der Waals surface area contributed by atoms with Gasteiger partial charge in [-0.2, -0.15) is 10.5 Å². The highest BCUT2D eigenvalue weighted by molar-refractivity contribution is 5.95. The number of benzene rings is 1. The van der Waals surface area contributed by atoms with E-state index in [1.54, 1.807) is 0 Å². The highest BCUT2D eigenvalue weighted by atomic mass is 16.2. The molecule has 3 heterocycles. The van der Waals surface area contributed by atoms with E-state index in [0.717, 1.165) is 48.8 Å². The summed E-state index contributed by atoms with van der Waals surface area (Å²) in [6.45, 7) is 10.0. The molecule has 2 aliphatic rings. The van der Waals surface area contributed by atoms with E-state index in [1.165, 1.54) is 12.3 Å². The molecular weight excluding hydrogens is 490 g/mol. The number of amides is 1. The van der Waals surface area contributed by atoms with Gasteiger partial charge in [0.1, 0.15) is 18.0 Å². The molecule has 2 saturated heterocycles. The number of carbonyl (C=O) groups is 1. The van der Waals surface area contributed by atoms with Crippen LogP contribution in [-0.4, -0.2) is 77.9 Å². The van der Waals surface area contributed by atoms with Crippen molar-refractivity contribution in [3.8, 4) is 12.1 Å². The zero-order valence-corrected chi connectivity index (χ0v) is 22.6. The van der Waals surface area contributed by atoms with E-state index in [1.807, 2.05) is 54.0 Å². The summed E-state index contributed by atoms with van der Waals surface area (Å²) in [7, 11) is 0. The SMILES string of the molecule is Cc1nc(C)c(C(=O)N2CCN(/C(N)=C(C#N)/C=C\N)CC2)cc1CN1CCN(c2ccccc2C#N)CC1. The Morgan fingerprint density at radius 1 is 1.00 bits per heavy atom. The van der Waals surface area contributed by atoms with E-state index in [9.17, 15) is 15.3 Å². The van der Waals surface area contributed by atoms with Gasteiger partial charge >= 0.3 is 0 Å². The fraction of sp³-hybridized carbons (Fsp3) is 0.379. The first-order chi connectivity index (χ1) is 18.9. The van der Waals surface area contributed by atoms with Crippen LogP contribution in [0.2, 0.25) is 0 Å². The third-order valence-corrected chi connectivity index (χ3v) is 7.44. The molecule has 0 atom stereocenters. The van der Waals surface area contributed by atoms with Crippen LogP contribution >= 0.6 is 0 Å². The van der Waals surface area contributed by atoms with Gasteiger partial charge in [-0.3, -0.25) is 14.7 Å². The molecule has 0 bridgehead atoms. The lowest BCUT2D eigenvalue weighted by Crippen LogP contribution is -2.49. The number of allylic oxidation sites excluding steroid dienone is 2. The Morgan fingerprint density at radius 2 is 1.67 bits per heavy atom. The van der Waals surface area contributed by atoms with Gasteiger partial charge in [0.2, 0.25) is 0 Å². The summed E-state index contributed by atoms with van der Waals surface area (Å²) in [5.41, 5.74) is 16.9. The fourth-order valence-corrected chi connectivity index (χ4v) is 5.14. The van der Waals surface area contributed by atoms with Gasteiger partial charge in [-0.25, -0.2) is 0 Å². The number of pyridine rings is 1. The number of anilines is 1. The van der Waals surface area contributed by atoms with Crippen molar-refractivity contribution in [1.82, 2.24) is 19.7 Å². The van der Waals surface area contributed by atoms with Gasteiger partial charge in [0, 0.05) is 64.6 Å². The number of nitrogens with zero attached hydrogens (tertiary/aromatic N) is 7. The second kappa shape index (κ2) is 12.3. The first-order valence-electron chi connectivity index (χ1n) is 13.1. The predicted molar refractivity (Wildman–Crippen MR) is 150 cm³/mol. The first kappa shape index (κ1) is 27.5. The molecule has 39 heavy (non-hydrogen) atoms. The van der Waals surface area contributed by atoms with Crippen LogP contribution in [0.15, 0.2) is 54.0 Å². The topological polar surface area (TPSA) is 143 Å². The molecule has 0 radical (unpaired) electrons. The normalized spacial score (nSPS) is 17.1. The largest absolute Gasteiger partial charge is 0.405 e. The molecule has 4 rings (SSSR count). The van der Waals surface area contributed by atoms with Gasteiger partial charge in [-0.15, -0.1) is 0 Å². The van der Waals surface area contributed by atoms with Gasteiger partial charge in [0.15, 0.2) is 0 Å². The van der Waals surface area contributed by atoms with Crippen molar-refractivity contribution in [2.24, 2.45) is 11.5 Å². The highest BCUT2D eigenvalue weighted by Gasteiger charge is 2.26. The van der Waals surface area contributed by atoms with Crippen molar-refractivity contribution < 1.29 is 4.79 Å². The number of nitrogens with two attached hydrogens (primary N) is 2. The van der Waals surface area contributed by atoms with Gasteiger partial charge < -0.3 is 26.2 Å². The standard InChI is InChI=1S/C29H35N9O/c1-21-25(20-35-9-11-36(12-10-35)27-6-4-3-5-23(27)18-31)17-26(22(2)34-21)29(39)38-15-13-37(14-16-38)28(33)24(19-32)7-8-30/h3-8,17H,9-16,20,30,33H2,1-2H3/b8-7-,28-24-. The van der Waals surface area contributed by atoms with Gasteiger partial charge in [0.05, 0.1) is 28.1 Å². The van der Waals surface area contributed by atoms with Crippen LogP contribution in [0.3, 0.4) is 0 Å². The number of carbonyl (C=O) groups excluding carboxylic acids is 1. The zero-order valence-electron chi connectivity index (χ0n) is 22.6. The second-order valence-corrected chi connectivity index (χ2v) is 9.81. The van der Waals surface area contributed by atoms with Gasteiger partial charge in [-0.05, 0) is 49.9 Å². The van der Waals surface area contributed by atoms with E-state index in [-0.39, 0.29) is 5.91 Å². The molecule has 1 aromatic carbocycles. The Hall–Kier alpha value is -4.54. The molecule has 0 unspecified atom stereocenters. The number of aromatic nitrogens is 1. The Balaban J connectivity index is 1.40. The van der Waals surface area contributed by atoms with E-state index < -0.39 is 0 Å². The maximum Gasteiger partial charge on any atom is 0.255 e. The Bertz CT molecular complexity index is 1350. The quantitative estimate of drug-likeness (QED) is 0.426. The van der Waals surface area contributed by atoms with Crippen LogP contribution in [0.4, 0.5) is 5.69 Å². The van der Waals surface area contributed by atoms with Gasteiger partial charge in [-0.1, -0.05) is 12.1 Å². The Kier molecular flexibility index (Phi) is 8.70. The van der Waals surface area contributed by atoms with Crippen LogP contribution in [0.25, 0.3) is 0 Å². The molecule has 2 fully saturated rings. The minimum Gasteiger partial charge on any atom is -0.405 e. The number of hydrogen-bond donors (Lipinski definition) is 2. The number of para-hydroxylation sites is 1. The monoisotopic (exact) mass is 525 g/mol. The molecule has 10 nitrogen and oxygen atoms in total. The van der Waals surface area contributed by atoms with Crippen molar-refractivity contribution in [3.05, 3.63) is 82.1 Å². The first-order valence-corrected chi connectivity index (χ1v) is 13.1. The van der Waals surface area contributed by atoms with E-state index in [4.69, 9.17) is 16.5 Å². The summed E-state index contributed by atoms with van der Waals surface area (Å²) in [6.07, 6.45) is 2.78. The Labute approximate surface area is 230 Å². The zero-order chi connectivity index (χ0) is 27.9. The summed E-state index contributed by atoms with van der Waals surface area (Å²) >= 11 is 0. The van der Waals surface area contributed by atoms with Crippen molar-refractivity contribution >= 4 is 11.6 Å². The highest BCUT2D eigenvalue weighted by Crippen LogP contribution is 2.23. The number of piperazine rings is 2. The summed E-state index contributed by atoms with van der Waals surface area (Å²) in [5.74, 6) is 0.335. The van der Waals surface area contributed by atoms with Crippen LogP contribution in [0.5, 0.6) is 0 Å². The molecule has 10 heteroatoms.